The van der Waals surface area contributed by atoms with E-state index in [1.54, 1.807) is 55.5 Å². The van der Waals surface area contributed by atoms with E-state index in [2.05, 4.69) is 16.5 Å². The first-order valence-corrected chi connectivity index (χ1v) is 8.27. The van der Waals surface area contributed by atoms with Gasteiger partial charge in [0.2, 0.25) is 0 Å². The van der Waals surface area contributed by atoms with Crippen molar-refractivity contribution in [2.24, 2.45) is 10.5 Å². The highest BCUT2D eigenvalue weighted by atomic mass is 35.5. The van der Waals surface area contributed by atoms with E-state index in [0.717, 1.165) is 5.56 Å². The fourth-order valence-electron chi connectivity index (χ4n) is 2.55. The smallest absolute Gasteiger partial charge is 0.306 e. The fraction of sp³-hybridized carbons (Fsp3) is 0.167. The number of anilines is 1. The number of amides is 2. The molecular formula is C18H14Cl2N4O. The third-order valence-corrected chi connectivity index (χ3v) is 4.41. The fourth-order valence-corrected chi connectivity index (χ4v) is 2.80. The summed E-state index contributed by atoms with van der Waals surface area (Å²) in [5.74, 6) is 0. The highest BCUT2D eigenvalue weighted by Gasteiger charge is 2.41. The maximum absolute atomic E-state index is 12.5. The molecule has 5 nitrogen and oxygen atoms in total. The van der Waals surface area contributed by atoms with Crippen molar-refractivity contribution in [2.45, 2.75) is 6.92 Å². The minimum absolute atomic E-state index is 0.168. The summed E-state index contributed by atoms with van der Waals surface area (Å²) in [5, 5.41) is 19.2. The van der Waals surface area contributed by atoms with Crippen LogP contribution in [-0.4, -0.2) is 23.3 Å². The van der Waals surface area contributed by atoms with Crippen molar-refractivity contribution in [3.8, 4) is 6.07 Å². The molecule has 1 heterocycles. The van der Waals surface area contributed by atoms with Gasteiger partial charge < -0.3 is 5.32 Å². The molecule has 1 unspecified atom stereocenters. The van der Waals surface area contributed by atoms with Crippen LogP contribution in [0.5, 0.6) is 0 Å². The van der Waals surface area contributed by atoms with Crippen molar-refractivity contribution in [1.82, 2.24) is 5.01 Å². The van der Waals surface area contributed by atoms with Crippen LogP contribution in [-0.2, 0) is 0 Å². The van der Waals surface area contributed by atoms with Crippen LogP contribution in [0.1, 0.15) is 12.5 Å². The van der Waals surface area contributed by atoms with Crippen molar-refractivity contribution in [3.05, 3.63) is 64.1 Å². The van der Waals surface area contributed by atoms with Gasteiger partial charge in [0.05, 0.1) is 18.3 Å². The molecule has 0 spiro atoms. The molecule has 0 fully saturated rings. The number of halogens is 2. The summed E-state index contributed by atoms with van der Waals surface area (Å²) in [6, 6.07) is 15.6. The Hall–Kier alpha value is -2.55. The maximum Gasteiger partial charge on any atom is 0.342 e. The highest BCUT2D eigenvalue weighted by Crippen LogP contribution is 2.31. The van der Waals surface area contributed by atoms with Gasteiger partial charge in [-0.3, -0.25) is 0 Å². The molecule has 7 heteroatoms. The van der Waals surface area contributed by atoms with Gasteiger partial charge in [-0.05, 0) is 48.9 Å². The van der Waals surface area contributed by atoms with E-state index in [1.165, 1.54) is 5.01 Å². The Morgan fingerprint density at radius 3 is 2.28 bits per heavy atom. The molecule has 0 bridgehead atoms. The van der Waals surface area contributed by atoms with Crippen LogP contribution < -0.4 is 5.32 Å². The number of nitrogens with zero attached hydrogens (tertiary/aromatic N) is 3. The van der Waals surface area contributed by atoms with Gasteiger partial charge in [-0.15, -0.1) is 0 Å². The molecule has 1 aliphatic rings. The zero-order valence-corrected chi connectivity index (χ0v) is 14.8. The summed E-state index contributed by atoms with van der Waals surface area (Å²) in [7, 11) is 0. The number of hydrogen-bond acceptors (Lipinski definition) is 3. The Morgan fingerprint density at radius 2 is 1.72 bits per heavy atom. The second-order valence-corrected chi connectivity index (χ2v) is 6.77. The van der Waals surface area contributed by atoms with E-state index in [4.69, 9.17) is 23.2 Å². The van der Waals surface area contributed by atoms with Gasteiger partial charge in [0, 0.05) is 15.7 Å². The lowest BCUT2D eigenvalue weighted by atomic mass is 9.84. The molecule has 0 aliphatic carbocycles. The van der Waals surface area contributed by atoms with Gasteiger partial charge in [0.25, 0.3) is 0 Å². The first-order valence-electron chi connectivity index (χ1n) is 7.52. The van der Waals surface area contributed by atoms with E-state index in [0.29, 0.717) is 21.4 Å². The van der Waals surface area contributed by atoms with Crippen LogP contribution in [0.2, 0.25) is 10.0 Å². The molecule has 2 aromatic carbocycles. The van der Waals surface area contributed by atoms with Crippen LogP contribution in [0.25, 0.3) is 0 Å². The molecule has 0 radical (unpaired) electrons. The Kier molecular flexibility index (Phi) is 4.67. The minimum Gasteiger partial charge on any atom is -0.306 e. The number of rotatable bonds is 2. The summed E-state index contributed by atoms with van der Waals surface area (Å²) in [6.07, 6.45) is 0. The Balaban J connectivity index is 1.85. The summed E-state index contributed by atoms with van der Waals surface area (Å²) >= 11 is 11.8. The topological polar surface area (TPSA) is 68.5 Å². The zero-order chi connectivity index (χ0) is 18.0. The molecule has 1 atom stereocenters. The van der Waals surface area contributed by atoms with Gasteiger partial charge in [-0.2, -0.15) is 10.4 Å². The quantitative estimate of drug-likeness (QED) is 0.824. The SMILES string of the molecule is CC1(C#N)CN(C(=O)Nc2ccc(Cl)cc2)N=C1c1ccc(Cl)cc1. The second kappa shape index (κ2) is 6.75. The monoisotopic (exact) mass is 372 g/mol. The standard InChI is InChI=1S/C18H14Cl2N4O/c1-18(10-21)11-24(17(25)22-15-8-6-14(20)7-9-15)23-16(18)12-2-4-13(19)5-3-12/h2-9H,11H2,1H3,(H,22,25). The predicted octanol–water partition coefficient (Wildman–Crippen LogP) is 4.78. The van der Waals surface area contributed by atoms with E-state index >= 15 is 0 Å². The number of hydrogen-bond donors (Lipinski definition) is 1. The molecule has 0 saturated heterocycles. The molecule has 1 N–H and O–H groups in total. The van der Waals surface area contributed by atoms with E-state index in [9.17, 15) is 10.1 Å². The molecule has 0 aromatic heterocycles. The third-order valence-electron chi connectivity index (χ3n) is 3.90. The molecule has 2 aromatic rings. The molecule has 3 rings (SSSR count). The van der Waals surface area contributed by atoms with Crippen molar-refractivity contribution in [2.75, 3.05) is 11.9 Å². The summed E-state index contributed by atoms with van der Waals surface area (Å²) in [6.45, 7) is 1.93. The lowest BCUT2D eigenvalue weighted by molar-refractivity contribution is 0.213. The first-order chi connectivity index (χ1) is 11.9. The van der Waals surface area contributed by atoms with E-state index in [-0.39, 0.29) is 6.54 Å². The van der Waals surface area contributed by atoms with Gasteiger partial charge in [-0.25, -0.2) is 9.80 Å². The summed E-state index contributed by atoms with van der Waals surface area (Å²) < 4.78 is 0. The number of urea groups is 1. The van der Waals surface area contributed by atoms with Crippen LogP contribution in [0.3, 0.4) is 0 Å². The average molecular weight is 373 g/mol. The summed E-state index contributed by atoms with van der Waals surface area (Å²) in [4.78, 5) is 12.5. The minimum atomic E-state index is -0.898. The predicted molar refractivity (Wildman–Crippen MR) is 98.9 cm³/mol. The van der Waals surface area contributed by atoms with Crippen LogP contribution in [0.15, 0.2) is 53.6 Å². The Labute approximate surface area is 155 Å². The number of benzene rings is 2. The summed E-state index contributed by atoms with van der Waals surface area (Å²) in [5.41, 5.74) is 1.00. The maximum atomic E-state index is 12.5. The third kappa shape index (κ3) is 3.60. The highest BCUT2D eigenvalue weighted by molar-refractivity contribution is 6.31. The molecule has 1 aliphatic heterocycles. The number of nitrogens with one attached hydrogen (secondary N) is 1. The molecule has 126 valence electrons. The van der Waals surface area contributed by atoms with Crippen LogP contribution >= 0.6 is 23.2 Å². The van der Waals surface area contributed by atoms with Crippen molar-refractivity contribution in [3.63, 3.8) is 0 Å². The van der Waals surface area contributed by atoms with Gasteiger partial charge >= 0.3 is 6.03 Å². The van der Waals surface area contributed by atoms with Crippen molar-refractivity contribution < 1.29 is 4.79 Å². The zero-order valence-electron chi connectivity index (χ0n) is 13.3. The number of carbonyl (C=O) groups is 1. The molecular weight excluding hydrogens is 359 g/mol. The second-order valence-electron chi connectivity index (χ2n) is 5.89. The molecule has 0 saturated carbocycles. The first kappa shape index (κ1) is 17.3. The van der Waals surface area contributed by atoms with Gasteiger partial charge in [0.15, 0.2) is 0 Å². The lowest BCUT2D eigenvalue weighted by Crippen LogP contribution is -2.34. The van der Waals surface area contributed by atoms with Gasteiger partial charge in [-0.1, -0.05) is 35.3 Å². The Bertz CT molecular complexity index is 871. The average Bonchev–Trinajstić information content (AvgIpc) is 2.96. The van der Waals surface area contributed by atoms with Crippen LogP contribution in [0.4, 0.5) is 10.5 Å². The van der Waals surface area contributed by atoms with Crippen molar-refractivity contribution in [1.29, 1.82) is 5.26 Å². The normalized spacial score (nSPS) is 19.3. The van der Waals surface area contributed by atoms with E-state index in [1.807, 2.05) is 0 Å². The number of carbonyl (C=O) groups excluding carboxylic acids is 1. The lowest BCUT2D eigenvalue weighted by Gasteiger charge is -2.18. The van der Waals surface area contributed by atoms with Crippen LogP contribution in [0, 0.1) is 16.7 Å². The molecule has 2 amide bonds. The largest absolute Gasteiger partial charge is 0.342 e. The number of hydrazone groups is 1. The van der Waals surface area contributed by atoms with Crippen molar-refractivity contribution >= 4 is 40.6 Å². The van der Waals surface area contributed by atoms with Gasteiger partial charge in [0.1, 0.15) is 5.41 Å². The molecule has 25 heavy (non-hydrogen) atoms. The number of nitriles is 1. The Morgan fingerprint density at radius 1 is 1.16 bits per heavy atom. The van der Waals surface area contributed by atoms with E-state index < -0.39 is 11.4 Å².